The maximum Gasteiger partial charge on any atom is 0.234 e. The van der Waals surface area contributed by atoms with Gasteiger partial charge in [-0.15, -0.1) is 0 Å². The van der Waals surface area contributed by atoms with Gasteiger partial charge in [0.25, 0.3) is 0 Å². The third-order valence-electron chi connectivity index (χ3n) is 5.05. The first-order chi connectivity index (χ1) is 9.52. The smallest absolute Gasteiger partial charge is 0.234 e. The molecular formula is C16H31N3O. The summed E-state index contributed by atoms with van der Waals surface area (Å²) in [6.07, 6.45) is 7.64. The average Bonchev–Trinajstić information content (AvgIpc) is 3.20. The fourth-order valence-corrected chi connectivity index (χ4v) is 3.39. The van der Waals surface area contributed by atoms with E-state index in [1.807, 2.05) is 0 Å². The van der Waals surface area contributed by atoms with Crippen molar-refractivity contribution < 1.29 is 4.79 Å². The molecule has 4 nitrogen and oxygen atoms in total. The molecule has 116 valence electrons. The first kappa shape index (κ1) is 15.8. The first-order valence-electron chi connectivity index (χ1n) is 8.17. The summed E-state index contributed by atoms with van der Waals surface area (Å²) >= 11 is 0. The summed E-state index contributed by atoms with van der Waals surface area (Å²) < 4.78 is 0. The lowest BCUT2D eigenvalue weighted by Gasteiger charge is -2.45. The number of carbonyl (C=O) groups is 1. The van der Waals surface area contributed by atoms with Crippen LogP contribution in [-0.4, -0.2) is 50.1 Å². The van der Waals surface area contributed by atoms with Crippen LogP contribution in [0.4, 0.5) is 0 Å². The zero-order valence-corrected chi connectivity index (χ0v) is 13.4. The van der Waals surface area contributed by atoms with Crippen LogP contribution in [0.2, 0.25) is 0 Å². The van der Waals surface area contributed by atoms with Gasteiger partial charge >= 0.3 is 0 Å². The molecule has 2 N–H and O–H groups in total. The Labute approximate surface area is 123 Å². The Hall–Kier alpha value is -0.610. The summed E-state index contributed by atoms with van der Waals surface area (Å²) in [5.41, 5.74) is 0.157. The highest BCUT2D eigenvalue weighted by atomic mass is 16.1. The monoisotopic (exact) mass is 281 g/mol. The van der Waals surface area contributed by atoms with Crippen LogP contribution in [0.3, 0.4) is 0 Å². The highest BCUT2D eigenvalue weighted by Gasteiger charge is 2.37. The minimum Gasteiger partial charge on any atom is -0.353 e. The molecule has 2 aliphatic rings. The van der Waals surface area contributed by atoms with Crippen molar-refractivity contribution in [2.75, 3.05) is 33.7 Å². The Bertz CT molecular complexity index is 328. The van der Waals surface area contributed by atoms with Gasteiger partial charge in [0.1, 0.15) is 0 Å². The number of nitrogens with zero attached hydrogens (tertiary/aromatic N) is 1. The first-order valence-corrected chi connectivity index (χ1v) is 8.17. The lowest BCUT2D eigenvalue weighted by Crippen LogP contribution is -2.55. The second-order valence-electron chi connectivity index (χ2n) is 7.17. The van der Waals surface area contributed by atoms with Gasteiger partial charge in [-0.1, -0.05) is 19.8 Å². The standard InChI is InChI=1S/C16H31N3O/c1-13-5-4-8-16(9-13,19(2)3)12-18-15(20)11-17-10-14-6-7-14/h13-14,17H,4-12H2,1-3H3,(H,18,20). The summed E-state index contributed by atoms with van der Waals surface area (Å²) in [5, 5.41) is 6.41. The molecular weight excluding hydrogens is 250 g/mol. The normalized spacial score (nSPS) is 30.5. The Morgan fingerprint density at radius 2 is 2.05 bits per heavy atom. The van der Waals surface area contributed by atoms with Crippen LogP contribution in [0.1, 0.15) is 45.4 Å². The van der Waals surface area contributed by atoms with E-state index >= 15 is 0 Å². The molecule has 0 heterocycles. The molecule has 2 saturated carbocycles. The molecule has 2 rings (SSSR count). The Kier molecular flexibility index (Phi) is 5.44. The highest BCUT2D eigenvalue weighted by Crippen LogP contribution is 2.35. The van der Waals surface area contributed by atoms with E-state index in [0.717, 1.165) is 24.9 Å². The maximum absolute atomic E-state index is 11.9. The van der Waals surface area contributed by atoms with Crippen LogP contribution < -0.4 is 10.6 Å². The van der Waals surface area contributed by atoms with Crippen LogP contribution >= 0.6 is 0 Å². The molecule has 1 amide bonds. The van der Waals surface area contributed by atoms with Crippen LogP contribution in [0.15, 0.2) is 0 Å². The summed E-state index contributed by atoms with van der Waals surface area (Å²) in [4.78, 5) is 14.3. The van der Waals surface area contributed by atoms with E-state index in [1.165, 1.54) is 38.5 Å². The van der Waals surface area contributed by atoms with Crippen LogP contribution in [-0.2, 0) is 4.79 Å². The number of rotatable bonds is 7. The zero-order valence-electron chi connectivity index (χ0n) is 13.4. The predicted octanol–water partition coefficient (Wildman–Crippen LogP) is 1.61. The van der Waals surface area contributed by atoms with Gasteiger partial charge in [0.2, 0.25) is 5.91 Å². The molecule has 0 aromatic carbocycles. The van der Waals surface area contributed by atoms with E-state index in [1.54, 1.807) is 0 Å². The lowest BCUT2D eigenvalue weighted by atomic mass is 9.75. The van der Waals surface area contributed by atoms with Gasteiger partial charge in [0.15, 0.2) is 0 Å². The summed E-state index contributed by atoms with van der Waals surface area (Å²) in [7, 11) is 4.30. The van der Waals surface area contributed by atoms with Crippen molar-refractivity contribution in [1.29, 1.82) is 0 Å². The van der Waals surface area contributed by atoms with Crippen molar-refractivity contribution in [1.82, 2.24) is 15.5 Å². The van der Waals surface area contributed by atoms with E-state index in [2.05, 4.69) is 36.6 Å². The molecule has 2 fully saturated rings. The second kappa shape index (κ2) is 6.90. The average molecular weight is 281 g/mol. The molecule has 0 spiro atoms. The fourth-order valence-electron chi connectivity index (χ4n) is 3.39. The van der Waals surface area contributed by atoms with E-state index < -0.39 is 0 Å². The number of hydrogen-bond donors (Lipinski definition) is 2. The predicted molar refractivity (Wildman–Crippen MR) is 82.7 cm³/mol. The van der Waals surface area contributed by atoms with E-state index in [0.29, 0.717) is 6.54 Å². The molecule has 0 radical (unpaired) electrons. The molecule has 0 saturated heterocycles. The van der Waals surface area contributed by atoms with Gasteiger partial charge in [-0.2, -0.15) is 0 Å². The SMILES string of the molecule is CC1CCCC(CNC(=O)CNCC2CC2)(N(C)C)C1. The Balaban J connectivity index is 1.74. The Morgan fingerprint density at radius 1 is 1.30 bits per heavy atom. The highest BCUT2D eigenvalue weighted by molar-refractivity contribution is 5.78. The van der Waals surface area contributed by atoms with E-state index in [9.17, 15) is 4.79 Å². The molecule has 0 bridgehead atoms. The van der Waals surface area contributed by atoms with Crippen molar-refractivity contribution in [3.63, 3.8) is 0 Å². The number of amides is 1. The number of nitrogens with one attached hydrogen (secondary N) is 2. The van der Waals surface area contributed by atoms with E-state index in [4.69, 9.17) is 0 Å². The number of likely N-dealkylation sites (N-methyl/N-ethyl adjacent to an activating group) is 1. The second-order valence-corrected chi connectivity index (χ2v) is 7.17. The fraction of sp³-hybridized carbons (Fsp3) is 0.938. The van der Waals surface area contributed by atoms with Gasteiger partial charge in [-0.3, -0.25) is 4.79 Å². The van der Waals surface area contributed by atoms with Gasteiger partial charge in [-0.05, 0) is 58.2 Å². The molecule has 0 aliphatic heterocycles. The van der Waals surface area contributed by atoms with Crippen LogP contribution in [0.25, 0.3) is 0 Å². The van der Waals surface area contributed by atoms with Crippen LogP contribution in [0.5, 0.6) is 0 Å². The zero-order chi connectivity index (χ0) is 14.6. The largest absolute Gasteiger partial charge is 0.353 e. The van der Waals surface area contributed by atoms with Crippen molar-refractivity contribution in [2.45, 2.75) is 51.0 Å². The summed E-state index contributed by atoms with van der Waals surface area (Å²) in [5.74, 6) is 1.73. The third-order valence-corrected chi connectivity index (χ3v) is 5.05. The molecule has 4 heteroatoms. The molecule has 0 aromatic heterocycles. The number of hydrogen-bond acceptors (Lipinski definition) is 3. The van der Waals surface area contributed by atoms with Crippen molar-refractivity contribution in [3.8, 4) is 0 Å². The molecule has 2 aliphatic carbocycles. The van der Waals surface area contributed by atoms with Gasteiger partial charge in [-0.25, -0.2) is 0 Å². The minimum atomic E-state index is 0.144. The molecule has 2 atom stereocenters. The van der Waals surface area contributed by atoms with E-state index in [-0.39, 0.29) is 11.4 Å². The summed E-state index contributed by atoms with van der Waals surface area (Å²) in [6.45, 7) is 4.59. The van der Waals surface area contributed by atoms with Crippen molar-refractivity contribution >= 4 is 5.91 Å². The van der Waals surface area contributed by atoms with Crippen molar-refractivity contribution in [3.05, 3.63) is 0 Å². The maximum atomic E-state index is 11.9. The topological polar surface area (TPSA) is 44.4 Å². The Morgan fingerprint density at radius 3 is 2.65 bits per heavy atom. The third kappa shape index (κ3) is 4.45. The summed E-state index contributed by atoms with van der Waals surface area (Å²) in [6, 6.07) is 0. The molecule has 2 unspecified atom stereocenters. The van der Waals surface area contributed by atoms with Gasteiger partial charge in [0, 0.05) is 12.1 Å². The molecule has 0 aromatic rings. The molecule has 20 heavy (non-hydrogen) atoms. The van der Waals surface area contributed by atoms with Gasteiger partial charge < -0.3 is 15.5 Å². The van der Waals surface area contributed by atoms with Crippen LogP contribution in [0, 0.1) is 11.8 Å². The number of carbonyl (C=O) groups excluding carboxylic acids is 1. The quantitative estimate of drug-likeness (QED) is 0.745. The lowest BCUT2D eigenvalue weighted by molar-refractivity contribution is -0.121. The van der Waals surface area contributed by atoms with Crippen molar-refractivity contribution in [2.24, 2.45) is 11.8 Å². The minimum absolute atomic E-state index is 0.144. The van der Waals surface area contributed by atoms with Gasteiger partial charge in [0.05, 0.1) is 6.54 Å².